The Hall–Kier alpha value is -3.31. The molecule has 0 aromatic heterocycles. The van der Waals surface area contributed by atoms with E-state index in [0.717, 1.165) is 0 Å². The van der Waals surface area contributed by atoms with Crippen molar-refractivity contribution in [3.05, 3.63) is 0 Å². The third-order valence-corrected chi connectivity index (χ3v) is 5.82. The Morgan fingerprint density at radius 1 is 0.816 bits per heavy atom. The average molecular weight is 563 g/mol. The van der Waals surface area contributed by atoms with Crippen LogP contribution in [0.2, 0.25) is 0 Å². The Bertz CT molecular complexity index is 833. The van der Waals surface area contributed by atoms with Gasteiger partial charge in [0.15, 0.2) is 18.0 Å². The number of aliphatic carboxylic acids is 1. The van der Waals surface area contributed by atoms with E-state index in [1.165, 1.54) is 18.7 Å². The van der Waals surface area contributed by atoms with E-state index in [1.807, 2.05) is 6.26 Å². The molecule has 17 heteroatoms. The third kappa shape index (κ3) is 15.1. The molecule has 0 fully saturated rings. The molecule has 5 unspecified atom stereocenters. The van der Waals surface area contributed by atoms with Gasteiger partial charge in [0.25, 0.3) is 0 Å². The van der Waals surface area contributed by atoms with Gasteiger partial charge in [0.05, 0.1) is 12.1 Å². The number of amides is 3. The molecule has 0 aliphatic rings. The van der Waals surface area contributed by atoms with Crippen LogP contribution >= 0.6 is 11.8 Å². The highest BCUT2D eigenvalue weighted by Gasteiger charge is 2.31. The van der Waals surface area contributed by atoms with Crippen LogP contribution in [0, 0.1) is 0 Å². The van der Waals surface area contributed by atoms with Crippen molar-refractivity contribution < 1.29 is 29.4 Å². The van der Waals surface area contributed by atoms with Crippen molar-refractivity contribution in [2.45, 2.75) is 69.3 Å². The molecule has 16 nitrogen and oxygen atoms in total. The number of nitrogens with two attached hydrogens (primary N) is 5. The number of aliphatic hydroxyl groups excluding tert-OH is 1. The van der Waals surface area contributed by atoms with Crippen molar-refractivity contribution in [2.75, 3.05) is 25.1 Å². The molecular formula is C21H42N10O6S. The fraction of sp³-hybridized carbons (Fsp3) is 0.714. The van der Waals surface area contributed by atoms with Crippen LogP contribution in [0.25, 0.3) is 0 Å². The Balaban J connectivity index is 5.50. The predicted molar refractivity (Wildman–Crippen MR) is 146 cm³/mol. The highest BCUT2D eigenvalue weighted by molar-refractivity contribution is 7.98. The molecule has 15 N–H and O–H groups in total. The number of aliphatic imine (C=N–C) groups is 2. The van der Waals surface area contributed by atoms with Crippen LogP contribution < -0.4 is 44.6 Å². The summed E-state index contributed by atoms with van der Waals surface area (Å²) in [4.78, 5) is 57.7. The number of rotatable bonds is 19. The summed E-state index contributed by atoms with van der Waals surface area (Å²) in [5.74, 6) is -3.21. The van der Waals surface area contributed by atoms with Crippen LogP contribution in [-0.4, -0.2) is 101 Å². The number of carbonyl (C=O) groups excluding carboxylic acids is 3. The molecule has 3 amide bonds. The number of thioether (sulfide) groups is 1. The quantitative estimate of drug-likeness (QED) is 0.0410. The van der Waals surface area contributed by atoms with E-state index in [9.17, 15) is 29.4 Å². The van der Waals surface area contributed by atoms with Gasteiger partial charge in [-0.2, -0.15) is 11.8 Å². The second-order valence-electron chi connectivity index (χ2n) is 8.47. The van der Waals surface area contributed by atoms with Gasteiger partial charge in [0.2, 0.25) is 17.7 Å². The number of aliphatic hydroxyl groups is 1. The molecule has 0 aromatic rings. The Morgan fingerprint density at radius 3 is 1.76 bits per heavy atom. The molecular weight excluding hydrogens is 520 g/mol. The summed E-state index contributed by atoms with van der Waals surface area (Å²) in [5.41, 5.74) is 27.1. The summed E-state index contributed by atoms with van der Waals surface area (Å²) in [6.07, 6.45) is 1.71. The molecule has 0 radical (unpaired) electrons. The number of carboxylic acids is 1. The minimum absolute atomic E-state index is 0.0496. The van der Waals surface area contributed by atoms with Crippen molar-refractivity contribution in [1.82, 2.24) is 16.0 Å². The Labute approximate surface area is 226 Å². The molecule has 0 saturated carbocycles. The van der Waals surface area contributed by atoms with Crippen LogP contribution in [0.1, 0.15) is 39.0 Å². The van der Waals surface area contributed by atoms with Crippen molar-refractivity contribution in [2.24, 2.45) is 38.7 Å². The third-order valence-electron chi connectivity index (χ3n) is 5.17. The summed E-state index contributed by atoms with van der Waals surface area (Å²) in [6, 6.07) is -4.73. The molecule has 0 aliphatic heterocycles. The largest absolute Gasteiger partial charge is 0.480 e. The molecule has 0 spiro atoms. The minimum atomic E-state index is -1.59. The van der Waals surface area contributed by atoms with E-state index in [2.05, 4.69) is 25.9 Å². The van der Waals surface area contributed by atoms with Gasteiger partial charge in [-0.25, -0.2) is 4.79 Å². The van der Waals surface area contributed by atoms with Crippen LogP contribution in [-0.2, 0) is 19.2 Å². The van der Waals surface area contributed by atoms with Gasteiger partial charge in [0.1, 0.15) is 12.1 Å². The Morgan fingerprint density at radius 2 is 1.29 bits per heavy atom. The summed E-state index contributed by atoms with van der Waals surface area (Å²) in [7, 11) is 0. The number of nitrogens with zero attached hydrogens (tertiary/aromatic N) is 2. The normalized spacial score (nSPS) is 14.6. The molecule has 0 bridgehead atoms. The summed E-state index contributed by atoms with van der Waals surface area (Å²) >= 11 is 1.45. The predicted octanol–water partition coefficient (Wildman–Crippen LogP) is -3.91. The standard InChI is InChI=1S/C21H42N10O6S/c1-11(32)15(19(36)37)31-18(35)13(6-4-9-28-21(25)26)30-17(34)14(7-10-38-2)29-16(33)12(22)5-3-8-27-20(23)24/h11-15,32H,3-10,22H2,1-2H3,(H,29,33)(H,30,34)(H,31,35)(H,36,37)(H4,23,24,27)(H4,25,26,28). The summed E-state index contributed by atoms with van der Waals surface area (Å²) in [6.45, 7) is 1.65. The lowest BCUT2D eigenvalue weighted by Gasteiger charge is -2.25. The smallest absolute Gasteiger partial charge is 0.328 e. The van der Waals surface area contributed by atoms with Gasteiger partial charge in [-0.05, 0) is 51.0 Å². The zero-order valence-electron chi connectivity index (χ0n) is 21.8. The minimum Gasteiger partial charge on any atom is -0.480 e. The number of carbonyl (C=O) groups is 4. The maximum atomic E-state index is 13.1. The number of nitrogens with one attached hydrogen (secondary N) is 3. The van der Waals surface area contributed by atoms with Crippen LogP contribution in [0.4, 0.5) is 0 Å². The number of hydrogen-bond acceptors (Lipinski definition) is 9. The highest BCUT2D eigenvalue weighted by atomic mass is 32.2. The van der Waals surface area contributed by atoms with E-state index in [-0.39, 0.29) is 44.1 Å². The van der Waals surface area contributed by atoms with Gasteiger partial charge in [0, 0.05) is 13.1 Å². The average Bonchev–Trinajstić information content (AvgIpc) is 2.83. The first-order valence-corrected chi connectivity index (χ1v) is 13.4. The monoisotopic (exact) mass is 562 g/mol. The SMILES string of the molecule is CSCCC(NC(=O)C(N)CCCN=C(N)N)C(=O)NC(CCCN=C(N)N)C(=O)NC(C(=O)O)C(C)O. The van der Waals surface area contributed by atoms with Crippen LogP contribution in [0.3, 0.4) is 0 Å². The van der Waals surface area contributed by atoms with E-state index >= 15 is 0 Å². The van der Waals surface area contributed by atoms with Crippen molar-refractivity contribution in [1.29, 1.82) is 0 Å². The lowest BCUT2D eigenvalue weighted by Crippen LogP contribution is -2.58. The van der Waals surface area contributed by atoms with E-state index in [0.29, 0.717) is 18.7 Å². The molecule has 218 valence electrons. The van der Waals surface area contributed by atoms with Gasteiger partial charge >= 0.3 is 5.97 Å². The second-order valence-corrected chi connectivity index (χ2v) is 9.46. The van der Waals surface area contributed by atoms with Crippen molar-refractivity contribution in [3.63, 3.8) is 0 Å². The van der Waals surface area contributed by atoms with E-state index in [4.69, 9.17) is 28.7 Å². The van der Waals surface area contributed by atoms with Crippen LogP contribution in [0.5, 0.6) is 0 Å². The molecule has 5 atom stereocenters. The van der Waals surface area contributed by atoms with Crippen LogP contribution in [0.15, 0.2) is 9.98 Å². The molecule has 0 saturated heterocycles. The molecule has 0 aliphatic carbocycles. The van der Waals surface area contributed by atoms with Crippen molar-refractivity contribution in [3.8, 4) is 0 Å². The topological polar surface area (TPSA) is 300 Å². The van der Waals surface area contributed by atoms with Gasteiger partial charge in [-0.15, -0.1) is 0 Å². The fourth-order valence-electron chi connectivity index (χ4n) is 3.12. The van der Waals surface area contributed by atoms with Crippen molar-refractivity contribution >= 4 is 47.4 Å². The molecule has 0 rings (SSSR count). The second kappa shape index (κ2) is 18.9. The van der Waals surface area contributed by atoms with E-state index in [1.54, 1.807) is 0 Å². The number of guanidine groups is 2. The maximum Gasteiger partial charge on any atom is 0.328 e. The molecule has 0 aromatic carbocycles. The first-order chi connectivity index (χ1) is 17.8. The van der Waals surface area contributed by atoms with E-state index < -0.39 is 54.0 Å². The maximum absolute atomic E-state index is 13.1. The van der Waals surface area contributed by atoms with Gasteiger partial charge < -0.3 is 54.8 Å². The first-order valence-electron chi connectivity index (χ1n) is 12.0. The Kier molecular flexibility index (Phi) is 17.2. The molecule has 0 heterocycles. The number of hydrogen-bond donors (Lipinski definition) is 10. The zero-order valence-corrected chi connectivity index (χ0v) is 22.6. The lowest BCUT2D eigenvalue weighted by atomic mass is 10.1. The lowest BCUT2D eigenvalue weighted by molar-refractivity contribution is -0.145. The number of carboxylic acid groups (broad SMARTS) is 1. The summed E-state index contributed by atoms with van der Waals surface area (Å²) < 4.78 is 0. The van der Waals surface area contributed by atoms with Gasteiger partial charge in [-0.1, -0.05) is 0 Å². The highest BCUT2D eigenvalue weighted by Crippen LogP contribution is 2.06. The zero-order chi connectivity index (χ0) is 29.3. The first kappa shape index (κ1) is 34.7. The molecule has 38 heavy (non-hydrogen) atoms. The summed E-state index contributed by atoms with van der Waals surface area (Å²) in [5, 5.41) is 26.4. The van der Waals surface area contributed by atoms with Gasteiger partial charge in [-0.3, -0.25) is 24.4 Å². The fourth-order valence-corrected chi connectivity index (χ4v) is 3.59.